The largest absolute Gasteiger partial charge is 0.481 e. The van der Waals surface area contributed by atoms with Crippen molar-refractivity contribution in [3.8, 4) is 0 Å². The molecule has 1 rings (SSSR count). The predicted molar refractivity (Wildman–Crippen MR) is 47.2 cm³/mol. The maximum Gasteiger partial charge on any atom is 0.306 e. The average molecular weight is 185 g/mol. The van der Waals surface area contributed by atoms with E-state index in [1.165, 1.54) is 0 Å². The normalized spacial score (nSPS) is 25.0. The molecule has 0 radical (unpaired) electrons. The minimum absolute atomic E-state index is 0.0826. The topological polar surface area (TPSA) is 66.4 Å². The van der Waals surface area contributed by atoms with Crippen LogP contribution in [0.4, 0.5) is 0 Å². The molecule has 1 fully saturated rings. The second-order valence-electron chi connectivity index (χ2n) is 3.68. The smallest absolute Gasteiger partial charge is 0.306 e. The van der Waals surface area contributed by atoms with E-state index in [9.17, 15) is 9.59 Å². The van der Waals surface area contributed by atoms with Crippen LogP contribution in [0.3, 0.4) is 0 Å². The van der Waals surface area contributed by atoms with Crippen LogP contribution in [-0.2, 0) is 9.59 Å². The van der Waals surface area contributed by atoms with E-state index >= 15 is 0 Å². The van der Waals surface area contributed by atoms with Crippen molar-refractivity contribution in [3.63, 3.8) is 0 Å². The van der Waals surface area contributed by atoms with Crippen molar-refractivity contribution in [2.24, 2.45) is 11.8 Å². The quantitative estimate of drug-likeness (QED) is 0.677. The molecule has 0 aromatic carbocycles. The monoisotopic (exact) mass is 185 g/mol. The van der Waals surface area contributed by atoms with Crippen molar-refractivity contribution in [2.75, 3.05) is 6.54 Å². The van der Waals surface area contributed by atoms with Gasteiger partial charge in [-0.3, -0.25) is 9.59 Å². The minimum atomic E-state index is -0.753. The van der Waals surface area contributed by atoms with E-state index in [0.29, 0.717) is 25.3 Å². The third-order valence-corrected chi connectivity index (χ3v) is 2.48. The molecule has 0 aromatic rings. The van der Waals surface area contributed by atoms with Crippen molar-refractivity contribution in [2.45, 2.75) is 26.2 Å². The first-order chi connectivity index (χ1) is 6.09. The van der Waals surface area contributed by atoms with Gasteiger partial charge in [0.2, 0.25) is 5.91 Å². The highest BCUT2D eigenvalue weighted by atomic mass is 16.4. The zero-order chi connectivity index (χ0) is 9.84. The summed E-state index contributed by atoms with van der Waals surface area (Å²) >= 11 is 0. The fourth-order valence-corrected chi connectivity index (χ4v) is 1.59. The van der Waals surface area contributed by atoms with Gasteiger partial charge in [-0.2, -0.15) is 0 Å². The minimum Gasteiger partial charge on any atom is -0.481 e. The van der Waals surface area contributed by atoms with Crippen molar-refractivity contribution < 1.29 is 14.7 Å². The molecule has 1 aliphatic heterocycles. The first kappa shape index (κ1) is 10.0. The summed E-state index contributed by atoms with van der Waals surface area (Å²) in [5.74, 6) is -0.639. The molecule has 2 unspecified atom stereocenters. The number of piperidine rings is 1. The number of carboxylic acid groups (broad SMARTS) is 1. The van der Waals surface area contributed by atoms with E-state index in [4.69, 9.17) is 5.11 Å². The molecule has 1 amide bonds. The Balaban J connectivity index is 2.30. The number of amides is 1. The first-order valence-electron chi connectivity index (χ1n) is 4.59. The van der Waals surface area contributed by atoms with Gasteiger partial charge in [0.25, 0.3) is 0 Å². The Labute approximate surface area is 77.3 Å². The number of hydrogen-bond donors (Lipinski definition) is 2. The van der Waals surface area contributed by atoms with Crippen LogP contribution in [0.5, 0.6) is 0 Å². The van der Waals surface area contributed by atoms with Gasteiger partial charge in [-0.05, 0) is 18.8 Å². The molecule has 0 saturated carbocycles. The highest BCUT2D eigenvalue weighted by molar-refractivity contribution is 5.76. The van der Waals surface area contributed by atoms with Crippen LogP contribution >= 0.6 is 0 Å². The molecule has 2 atom stereocenters. The van der Waals surface area contributed by atoms with Crippen LogP contribution in [0.25, 0.3) is 0 Å². The van der Waals surface area contributed by atoms with E-state index in [-0.39, 0.29) is 11.8 Å². The van der Waals surface area contributed by atoms with E-state index in [2.05, 4.69) is 5.32 Å². The maximum absolute atomic E-state index is 10.8. The zero-order valence-electron chi connectivity index (χ0n) is 7.75. The van der Waals surface area contributed by atoms with E-state index in [0.717, 1.165) is 6.42 Å². The molecule has 0 aliphatic carbocycles. The first-order valence-corrected chi connectivity index (χ1v) is 4.59. The lowest BCUT2D eigenvalue weighted by Crippen LogP contribution is -2.36. The number of hydrogen-bond acceptors (Lipinski definition) is 2. The van der Waals surface area contributed by atoms with E-state index in [1.54, 1.807) is 6.92 Å². The molecule has 2 N–H and O–H groups in total. The van der Waals surface area contributed by atoms with Crippen molar-refractivity contribution in [1.82, 2.24) is 5.32 Å². The van der Waals surface area contributed by atoms with Crippen molar-refractivity contribution in [3.05, 3.63) is 0 Å². The lowest BCUT2D eigenvalue weighted by Gasteiger charge is -2.23. The summed E-state index contributed by atoms with van der Waals surface area (Å²) in [5.41, 5.74) is 0. The van der Waals surface area contributed by atoms with Gasteiger partial charge >= 0.3 is 5.97 Å². The number of carbonyl (C=O) groups is 2. The fourth-order valence-electron chi connectivity index (χ4n) is 1.59. The maximum atomic E-state index is 10.8. The number of carboxylic acids is 1. The van der Waals surface area contributed by atoms with Gasteiger partial charge in [-0.15, -0.1) is 0 Å². The summed E-state index contributed by atoms with van der Waals surface area (Å²) in [6.45, 7) is 2.34. The molecule has 1 heterocycles. The highest BCUT2D eigenvalue weighted by Crippen LogP contribution is 2.19. The Bertz CT molecular complexity index is 205. The summed E-state index contributed by atoms with van der Waals surface area (Å²) in [7, 11) is 0. The van der Waals surface area contributed by atoms with Gasteiger partial charge in [0.15, 0.2) is 0 Å². The summed E-state index contributed by atoms with van der Waals surface area (Å²) in [5, 5.41) is 11.4. The van der Waals surface area contributed by atoms with Gasteiger partial charge in [0.05, 0.1) is 5.92 Å². The van der Waals surface area contributed by atoms with Crippen LogP contribution in [0.1, 0.15) is 26.2 Å². The molecule has 0 bridgehead atoms. The molecule has 74 valence electrons. The van der Waals surface area contributed by atoms with Crippen LogP contribution < -0.4 is 5.32 Å². The summed E-state index contributed by atoms with van der Waals surface area (Å²) in [6.07, 6.45) is 2.02. The van der Waals surface area contributed by atoms with E-state index < -0.39 is 5.97 Å². The third kappa shape index (κ3) is 3.05. The molecular formula is C9H15NO3. The van der Waals surface area contributed by atoms with Gasteiger partial charge in [0.1, 0.15) is 0 Å². The van der Waals surface area contributed by atoms with Gasteiger partial charge < -0.3 is 10.4 Å². The van der Waals surface area contributed by atoms with Crippen LogP contribution in [0.15, 0.2) is 0 Å². The van der Waals surface area contributed by atoms with Gasteiger partial charge in [0, 0.05) is 13.0 Å². The Morgan fingerprint density at radius 3 is 2.92 bits per heavy atom. The molecule has 1 aliphatic rings. The van der Waals surface area contributed by atoms with Gasteiger partial charge in [-0.25, -0.2) is 0 Å². The van der Waals surface area contributed by atoms with Crippen LogP contribution in [-0.4, -0.2) is 23.5 Å². The Morgan fingerprint density at radius 1 is 1.77 bits per heavy atom. The molecule has 1 saturated heterocycles. The SMILES string of the molecule is CC(CC1CCC(=O)NC1)C(=O)O. The number of aliphatic carboxylic acids is 1. The molecule has 0 aromatic heterocycles. The standard InChI is InChI=1S/C9H15NO3/c1-6(9(12)13)4-7-2-3-8(11)10-5-7/h6-7H,2-5H2,1H3,(H,10,11)(H,12,13). The summed E-state index contributed by atoms with van der Waals surface area (Å²) in [6, 6.07) is 0. The van der Waals surface area contributed by atoms with Gasteiger partial charge in [-0.1, -0.05) is 6.92 Å². The Morgan fingerprint density at radius 2 is 2.46 bits per heavy atom. The Hall–Kier alpha value is -1.06. The summed E-state index contributed by atoms with van der Waals surface area (Å²) in [4.78, 5) is 21.4. The second-order valence-corrected chi connectivity index (χ2v) is 3.68. The fraction of sp³-hybridized carbons (Fsp3) is 0.778. The second kappa shape index (κ2) is 4.25. The number of rotatable bonds is 3. The molecule has 4 nitrogen and oxygen atoms in total. The van der Waals surface area contributed by atoms with Crippen LogP contribution in [0, 0.1) is 11.8 Å². The third-order valence-electron chi connectivity index (χ3n) is 2.48. The van der Waals surface area contributed by atoms with Crippen molar-refractivity contribution >= 4 is 11.9 Å². The molecular weight excluding hydrogens is 170 g/mol. The lowest BCUT2D eigenvalue weighted by molar-refractivity contribution is -0.141. The highest BCUT2D eigenvalue weighted by Gasteiger charge is 2.22. The summed E-state index contributed by atoms with van der Waals surface area (Å²) < 4.78 is 0. The van der Waals surface area contributed by atoms with E-state index in [1.807, 2.05) is 0 Å². The average Bonchev–Trinajstić information content (AvgIpc) is 2.08. The Kier molecular flexibility index (Phi) is 3.28. The zero-order valence-corrected chi connectivity index (χ0v) is 7.75. The lowest BCUT2D eigenvalue weighted by atomic mass is 9.90. The van der Waals surface area contributed by atoms with Crippen LogP contribution in [0.2, 0.25) is 0 Å². The molecule has 0 spiro atoms. The molecule has 13 heavy (non-hydrogen) atoms. The predicted octanol–water partition coefficient (Wildman–Crippen LogP) is 0.623. The van der Waals surface area contributed by atoms with Crippen molar-refractivity contribution in [1.29, 1.82) is 0 Å². The number of nitrogens with one attached hydrogen (secondary N) is 1. The number of carbonyl (C=O) groups excluding carboxylic acids is 1. The molecule has 4 heteroatoms.